The SMILES string of the molecule is CNc1nc(NC(C)c2nccs2)nc(N(C)C)n1. The number of nitrogens with one attached hydrogen (secondary N) is 2. The minimum absolute atomic E-state index is 0.0575. The number of anilines is 3. The molecule has 0 saturated heterocycles. The van der Waals surface area contributed by atoms with E-state index >= 15 is 0 Å². The van der Waals surface area contributed by atoms with Crippen LogP contribution in [-0.4, -0.2) is 41.1 Å². The van der Waals surface area contributed by atoms with Crippen molar-refractivity contribution in [3.63, 3.8) is 0 Å². The maximum absolute atomic E-state index is 4.36. The molecule has 0 aliphatic carbocycles. The van der Waals surface area contributed by atoms with Crippen LogP contribution in [0.5, 0.6) is 0 Å². The van der Waals surface area contributed by atoms with Gasteiger partial charge >= 0.3 is 0 Å². The lowest BCUT2D eigenvalue weighted by Gasteiger charge is -2.15. The van der Waals surface area contributed by atoms with Crippen LogP contribution in [0.2, 0.25) is 0 Å². The summed E-state index contributed by atoms with van der Waals surface area (Å²) in [7, 11) is 5.56. The summed E-state index contributed by atoms with van der Waals surface area (Å²) in [5, 5.41) is 9.11. The lowest BCUT2D eigenvalue weighted by atomic mass is 10.4. The molecule has 0 aromatic carbocycles. The van der Waals surface area contributed by atoms with Gasteiger partial charge in [0.25, 0.3) is 0 Å². The first kappa shape index (κ1) is 13.5. The number of hydrogen-bond donors (Lipinski definition) is 2. The topological polar surface area (TPSA) is 78.9 Å². The van der Waals surface area contributed by atoms with E-state index in [2.05, 4.69) is 30.6 Å². The Kier molecular flexibility index (Phi) is 4.10. The Morgan fingerprint density at radius 1 is 1.21 bits per heavy atom. The molecule has 2 aromatic heterocycles. The Morgan fingerprint density at radius 2 is 1.95 bits per heavy atom. The van der Waals surface area contributed by atoms with E-state index < -0.39 is 0 Å². The van der Waals surface area contributed by atoms with Crippen LogP contribution in [0.3, 0.4) is 0 Å². The molecule has 0 spiro atoms. The van der Waals surface area contributed by atoms with Gasteiger partial charge in [0.2, 0.25) is 17.8 Å². The zero-order valence-electron chi connectivity index (χ0n) is 11.4. The van der Waals surface area contributed by atoms with E-state index in [1.165, 1.54) is 0 Å². The molecule has 102 valence electrons. The van der Waals surface area contributed by atoms with Crippen LogP contribution < -0.4 is 15.5 Å². The predicted molar refractivity (Wildman–Crippen MR) is 77.9 cm³/mol. The average molecular weight is 279 g/mol. The van der Waals surface area contributed by atoms with E-state index in [1.807, 2.05) is 31.3 Å². The van der Waals surface area contributed by atoms with Crippen LogP contribution in [0.1, 0.15) is 18.0 Å². The van der Waals surface area contributed by atoms with Crippen molar-refractivity contribution < 1.29 is 0 Å². The first-order chi connectivity index (χ1) is 9.10. The fourth-order valence-corrected chi connectivity index (χ4v) is 2.09. The quantitative estimate of drug-likeness (QED) is 0.860. The van der Waals surface area contributed by atoms with Gasteiger partial charge in [-0.1, -0.05) is 0 Å². The third kappa shape index (κ3) is 3.28. The molecule has 2 heterocycles. The molecule has 2 rings (SSSR count). The minimum atomic E-state index is 0.0575. The molecule has 1 unspecified atom stereocenters. The first-order valence-electron chi connectivity index (χ1n) is 5.87. The monoisotopic (exact) mass is 279 g/mol. The minimum Gasteiger partial charge on any atom is -0.357 e. The Bertz CT molecular complexity index is 526. The van der Waals surface area contributed by atoms with E-state index in [0.717, 1.165) is 5.01 Å². The predicted octanol–water partition coefficient (Wildman–Crippen LogP) is 1.61. The molecule has 2 aromatic rings. The fraction of sp³-hybridized carbons (Fsp3) is 0.455. The molecule has 8 heteroatoms. The summed E-state index contributed by atoms with van der Waals surface area (Å²) in [6, 6.07) is 0.0575. The summed E-state index contributed by atoms with van der Waals surface area (Å²) in [5.74, 6) is 1.67. The average Bonchev–Trinajstić information content (AvgIpc) is 2.92. The van der Waals surface area contributed by atoms with Crippen molar-refractivity contribution in [1.82, 2.24) is 19.9 Å². The molecule has 0 radical (unpaired) electrons. The van der Waals surface area contributed by atoms with Crippen molar-refractivity contribution in [3.05, 3.63) is 16.6 Å². The molecule has 2 N–H and O–H groups in total. The first-order valence-corrected chi connectivity index (χ1v) is 6.75. The number of nitrogens with zero attached hydrogens (tertiary/aromatic N) is 5. The van der Waals surface area contributed by atoms with Gasteiger partial charge in [-0.25, -0.2) is 4.98 Å². The van der Waals surface area contributed by atoms with Crippen LogP contribution in [0.15, 0.2) is 11.6 Å². The molecule has 0 fully saturated rings. The summed E-state index contributed by atoms with van der Waals surface area (Å²) >= 11 is 1.60. The second kappa shape index (κ2) is 5.79. The molecule has 1 atom stereocenters. The third-order valence-electron chi connectivity index (χ3n) is 2.41. The molecule has 0 saturated carbocycles. The fourth-order valence-electron chi connectivity index (χ4n) is 1.44. The normalized spacial score (nSPS) is 12.0. The molecule has 19 heavy (non-hydrogen) atoms. The molecular weight excluding hydrogens is 262 g/mol. The summed E-state index contributed by atoms with van der Waals surface area (Å²) in [6.45, 7) is 2.02. The van der Waals surface area contributed by atoms with Crippen LogP contribution in [0, 0.1) is 0 Å². The molecule has 0 aliphatic heterocycles. The van der Waals surface area contributed by atoms with Gasteiger partial charge in [-0.15, -0.1) is 11.3 Å². The van der Waals surface area contributed by atoms with Gasteiger partial charge in [0, 0.05) is 32.7 Å². The van der Waals surface area contributed by atoms with Gasteiger partial charge in [0.05, 0.1) is 6.04 Å². The smallest absolute Gasteiger partial charge is 0.231 e. The highest BCUT2D eigenvalue weighted by atomic mass is 32.1. The second-order valence-corrected chi connectivity index (χ2v) is 5.09. The van der Waals surface area contributed by atoms with E-state index in [0.29, 0.717) is 17.8 Å². The highest BCUT2D eigenvalue weighted by Gasteiger charge is 2.12. The van der Waals surface area contributed by atoms with Gasteiger partial charge in [-0.3, -0.25) is 0 Å². The van der Waals surface area contributed by atoms with Crippen molar-refractivity contribution >= 4 is 29.2 Å². The summed E-state index contributed by atoms with van der Waals surface area (Å²) < 4.78 is 0. The van der Waals surface area contributed by atoms with Gasteiger partial charge in [0.1, 0.15) is 5.01 Å². The van der Waals surface area contributed by atoms with Crippen molar-refractivity contribution in [3.8, 4) is 0 Å². The molecule has 0 bridgehead atoms. The summed E-state index contributed by atoms with van der Waals surface area (Å²) in [6.07, 6.45) is 1.79. The van der Waals surface area contributed by atoms with Gasteiger partial charge in [0.15, 0.2) is 0 Å². The molecule has 0 amide bonds. The van der Waals surface area contributed by atoms with Crippen molar-refractivity contribution in [2.75, 3.05) is 36.7 Å². The molecule has 0 aliphatic rings. The standard InChI is InChI=1S/C11H17N7S/c1-7(8-13-5-6-19-8)14-10-15-9(12-2)16-11(17-10)18(3)4/h5-7H,1-4H3,(H2,12,14,15,16,17). The van der Waals surface area contributed by atoms with Gasteiger partial charge in [-0.2, -0.15) is 15.0 Å². The lowest BCUT2D eigenvalue weighted by Crippen LogP contribution is -2.17. The van der Waals surface area contributed by atoms with Gasteiger partial charge in [-0.05, 0) is 6.92 Å². The largest absolute Gasteiger partial charge is 0.357 e. The van der Waals surface area contributed by atoms with Crippen LogP contribution in [0.4, 0.5) is 17.8 Å². The Balaban J connectivity index is 2.21. The van der Waals surface area contributed by atoms with Crippen molar-refractivity contribution in [1.29, 1.82) is 0 Å². The van der Waals surface area contributed by atoms with E-state index in [9.17, 15) is 0 Å². The van der Waals surface area contributed by atoms with Gasteiger partial charge < -0.3 is 15.5 Å². The third-order valence-corrected chi connectivity index (χ3v) is 3.37. The zero-order valence-corrected chi connectivity index (χ0v) is 12.2. The number of aromatic nitrogens is 4. The number of hydrogen-bond acceptors (Lipinski definition) is 8. The van der Waals surface area contributed by atoms with E-state index in [-0.39, 0.29) is 6.04 Å². The zero-order chi connectivity index (χ0) is 13.8. The van der Waals surface area contributed by atoms with Crippen molar-refractivity contribution in [2.24, 2.45) is 0 Å². The maximum Gasteiger partial charge on any atom is 0.231 e. The van der Waals surface area contributed by atoms with Crippen molar-refractivity contribution in [2.45, 2.75) is 13.0 Å². The summed E-state index contributed by atoms with van der Waals surface area (Å²) in [4.78, 5) is 19.0. The van der Waals surface area contributed by atoms with Crippen LogP contribution in [-0.2, 0) is 0 Å². The number of thiazole rings is 1. The summed E-state index contributed by atoms with van der Waals surface area (Å²) in [5.41, 5.74) is 0. The van der Waals surface area contributed by atoms with E-state index in [1.54, 1.807) is 24.6 Å². The maximum atomic E-state index is 4.36. The number of rotatable bonds is 5. The highest BCUT2D eigenvalue weighted by Crippen LogP contribution is 2.20. The van der Waals surface area contributed by atoms with Crippen LogP contribution in [0.25, 0.3) is 0 Å². The Labute approximate surface area is 116 Å². The van der Waals surface area contributed by atoms with Crippen LogP contribution >= 0.6 is 11.3 Å². The second-order valence-electron chi connectivity index (χ2n) is 4.16. The molecule has 7 nitrogen and oxygen atoms in total. The Morgan fingerprint density at radius 3 is 2.53 bits per heavy atom. The van der Waals surface area contributed by atoms with E-state index in [4.69, 9.17) is 0 Å². The molecular formula is C11H17N7S. The Hall–Kier alpha value is -1.96. The lowest BCUT2D eigenvalue weighted by molar-refractivity contribution is 0.838. The highest BCUT2D eigenvalue weighted by molar-refractivity contribution is 7.09.